The van der Waals surface area contributed by atoms with Gasteiger partial charge in [0.05, 0.1) is 32.5 Å². The molecule has 0 aliphatic heterocycles. The fourth-order valence-corrected chi connectivity index (χ4v) is 6.54. The van der Waals surface area contributed by atoms with E-state index in [-0.39, 0.29) is 11.9 Å². The summed E-state index contributed by atoms with van der Waals surface area (Å²) in [5.41, 5.74) is 0. The molecule has 0 rings (SSSR count). The molecule has 0 saturated carbocycles. The third-order valence-corrected chi connectivity index (χ3v) is 10.0. The lowest BCUT2D eigenvalue weighted by Crippen LogP contribution is -2.30. The third-order valence-electron chi connectivity index (χ3n) is 10.0. The van der Waals surface area contributed by atoms with Gasteiger partial charge in [-0.15, -0.1) is 0 Å². The zero-order valence-electron chi connectivity index (χ0n) is 35.5. The van der Waals surface area contributed by atoms with Gasteiger partial charge in [-0.1, -0.05) is 147 Å². The van der Waals surface area contributed by atoms with Gasteiger partial charge in [-0.05, 0) is 77.0 Å². The highest BCUT2D eigenvalue weighted by Crippen LogP contribution is 2.14. The zero-order valence-corrected chi connectivity index (χ0v) is 35.5. The van der Waals surface area contributed by atoms with Gasteiger partial charge in [0.2, 0.25) is 0 Å². The number of rotatable bonds is 42. The molecule has 0 spiro atoms. The first-order chi connectivity index (χ1) is 26.0. The molecule has 6 heteroatoms. The molecule has 0 bridgehead atoms. The Balaban J connectivity index is 3.85. The number of methoxy groups -OCH3 is 1. The number of carbonyl (C=O) groups is 2. The van der Waals surface area contributed by atoms with Crippen molar-refractivity contribution in [2.45, 2.75) is 213 Å². The van der Waals surface area contributed by atoms with Gasteiger partial charge in [-0.25, -0.2) is 0 Å². The first-order valence-electron chi connectivity index (χ1n) is 22.6. The van der Waals surface area contributed by atoms with E-state index in [0.717, 1.165) is 57.4 Å². The largest absolute Gasteiger partial charge is 0.499 e. The average Bonchev–Trinajstić information content (AvgIpc) is 3.16. The van der Waals surface area contributed by atoms with Crippen LogP contribution >= 0.6 is 0 Å². The number of hydrogen-bond donors (Lipinski definition) is 0. The van der Waals surface area contributed by atoms with Crippen LogP contribution in [-0.2, 0) is 23.8 Å². The van der Waals surface area contributed by atoms with Crippen LogP contribution in [0.3, 0.4) is 0 Å². The lowest BCUT2D eigenvalue weighted by molar-refractivity contribution is -0.144. The normalized spacial score (nSPS) is 11.6. The number of unbranched alkanes of at least 4 members (excludes halogenated alkanes) is 22. The molecular formula is C47H87NO5. The maximum atomic E-state index is 12.2. The van der Waals surface area contributed by atoms with Crippen LogP contribution in [0.1, 0.15) is 213 Å². The van der Waals surface area contributed by atoms with E-state index in [1.165, 1.54) is 155 Å². The quantitative estimate of drug-likeness (QED) is 0.0268. The molecule has 0 amide bonds. The van der Waals surface area contributed by atoms with Crippen molar-refractivity contribution >= 4 is 11.9 Å². The minimum Gasteiger partial charge on any atom is -0.499 e. The van der Waals surface area contributed by atoms with E-state index >= 15 is 0 Å². The summed E-state index contributed by atoms with van der Waals surface area (Å²) in [6, 6.07) is 0. The third kappa shape index (κ3) is 40.9. The van der Waals surface area contributed by atoms with Gasteiger partial charge in [-0.3, -0.25) is 9.59 Å². The Morgan fingerprint density at radius 2 is 0.849 bits per heavy atom. The number of carbonyl (C=O) groups excluding carboxylic acids is 2. The van der Waals surface area contributed by atoms with Crippen molar-refractivity contribution in [3.05, 3.63) is 36.6 Å². The molecule has 6 nitrogen and oxygen atoms in total. The average molecular weight is 746 g/mol. The van der Waals surface area contributed by atoms with E-state index in [2.05, 4.69) is 49.6 Å². The number of nitrogens with zero attached hydrogens (tertiary/aromatic N) is 1. The molecule has 0 saturated heterocycles. The Labute approximate surface area is 329 Å². The predicted octanol–water partition coefficient (Wildman–Crippen LogP) is 13.8. The molecule has 0 N–H and O–H groups in total. The highest BCUT2D eigenvalue weighted by atomic mass is 16.5. The van der Waals surface area contributed by atoms with Crippen LogP contribution in [0.4, 0.5) is 0 Å². The van der Waals surface area contributed by atoms with Gasteiger partial charge in [0, 0.05) is 32.5 Å². The molecule has 0 aromatic rings. The standard InChI is InChI=1S/C47H87NO5/c1-5-7-9-11-13-15-17-19-21-23-25-27-29-31-33-37-45(3)52-43-35-40-48(42-39-46(49)51-4)41-36-44-53-47(50)38-34-32-30-28-26-24-22-20-18-16-14-12-10-8-6-2/h19-22H,3,5-18,23-44H2,1-2,4H3/b21-19-,22-20-. The molecule has 0 aromatic heterocycles. The van der Waals surface area contributed by atoms with Gasteiger partial charge in [0.1, 0.15) is 0 Å². The fraction of sp³-hybridized carbons (Fsp3) is 0.830. The van der Waals surface area contributed by atoms with Crippen molar-refractivity contribution < 1.29 is 23.8 Å². The second-order valence-electron chi connectivity index (χ2n) is 15.2. The van der Waals surface area contributed by atoms with Crippen LogP contribution in [0.25, 0.3) is 0 Å². The van der Waals surface area contributed by atoms with Gasteiger partial charge in [0.25, 0.3) is 0 Å². The number of esters is 2. The maximum absolute atomic E-state index is 12.2. The van der Waals surface area contributed by atoms with E-state index in [4.69, 9.17) is 14.2 Å². The first-order valence-corrected chi connectivity index (χ1v) is 22.6. The summed E-state index contributed by atoms with van der Waals surface area (Å²) in [5, 5.41) is 0. The van der Waals surface area contributed by atoms with Gasteiger partial charge in [0.15, 0.2) is 0 Å². The minimum absolute atomic E-state index is 0.0955. The van der Waals surface area contributed by atoms with Crippen LogP contribution in [-0.4, -0.2) is 56.8 Å². The van der Waals surface area contributed by atoms with E-state index < -0.39 is 0 Å². The van der Waals surface area contributed by atoms with E-state index in [0.29, 0.717) is 32.6 Å². The Bertz CT molecular complexity index is 809. The minimum atomic E-state index is -0.203. The summed E-state index contributed by atoms with van der Waals surface area (Å²) in [6.45, 7) is 11.9. The van der Waals surface area contributed by atoms with Gasteiger partial charge >= 0.3 is 11.9 Å². The number of hydrogen-bond acceptors (Lipinski definition) is 6. The zero-order chi connectivity index (χ0) is 38.7. The summed E-state index contributed by atoms with van der Waals surface area (Å²) in [4.78, 5) is 26.2. The van der Waals surface area contributed by atoms with Crippen LogP contribution < -0.4 is 0 Å². The van der Waals surface area contributed by atoms with Crippen molar-refractivity contribution in [2.75, 3.05) is 40.0 Å². The molecule has 0 fully saturated rings. The van der Waals surface area contributed by atoms with Crippen LogP contribution in [0, 0.1) is 0 Å². The lowest BCUT2D eigenvalue weighted by Gasteiger charge is -2.22. The van der Waals surface area contributed by atoms with Crippen LogP contribution in [0.15, 0.2) is 36.6 Å². The molecule has 0 radical (unpaired) electrons. The molecule has 0 aliphatic carbocycles. The smallest absolute Gasteiger partial charge is 0.306 e. The van der Waals surface area contributed by atoms with Crippen LogP contribution in [0.5, 0.6) is 0 Å². The van der Waals surface area contributed by atoms with E-state index in [9.17, 15) is 9.59 Å². The summed E-state index contributed by atoms with van der Waals surface area (Å²) < 4.78 is 16.3. The second kappa shape index (κ2) is 42.7. The van der Waals surface area contributed by atoms with Gasteiger partial charge < -0.3 is 19.1 Å². The molecule has 0 atom stereocenters. The topological polar surface area (TPSA) is 65.1 Å². The van der Waals surface area contributed by atoms with Crippen molar-refractivity contribution in [3.63, 3.8) is 0 Å². The molecular weight excluding hydrogens is 659 g/mol. The molecule has 0 unspecified atom stereocenters. The summed E-state index contributed by atoms with van der Waals surface area (Å²) in [7, 11) is 1.43. The SMILES string of the molecule is C=C(CCCCCCC/C=C\CCCCCCCC)OCCCN(CCCOC(=O)CCCCCCC/C=C\CCCCCCCC)CCC(=O)OC. The number of allylic oxidation sites excluding steroid dienone is 5. The lowest BCUT2D eigenvalue weighted by atomic mass is 10.1. The fourth-order valence-electron chi connectivity index (χ4n) is 6.54. The molecule has 0 aromatic carbocycles. The van der Waals surface area contributed by atoms with Crippen molar-refractivity contribution in [2.24, 2.45) is 0 Å². The van der Waals surface area contributed by atoms with Gasteiger partial charge in [-0.2, -0.15) is 0 Å². The Morgan fingerprint density at radius 3 is 1.30 bits per heavy atom. The predicted molar refractivity (Wildman–Crippen MR) is 227 cm³/mol. The Kier molecular flexibility index (Phi) is 41.0. The summed E-state index contributed by atoms with van der Waals surface area (Å²) >= 11 is 0. The monoisotopic (exact) mass is 746 g/mol. The van der Waals surface area contributed by atoms with E-state index in [1.807, 2.05) is 0 Å². The molecule has 53 heavy (non-hydrogen) atoms. The van der Waals surface area contributed by atoms with Crippen molar-refractivity contribution in [1.82, 2.24) is 4.90 Å². The van der Waals surface area contributed by atoms with Crippen molar-refractivity contribution in [3.8, 4) is 0 Å². The van der Waals surface area contributed by atoms with Crippen molar-refractivity contribution in [1.29, 1.82) is 0 Å². The highest BCUT2D eigenvalue weighted by molar-refractivity contribution is 5.69. The maximum Gasteiger partial charge on any atom is 0.306 e. The molecule has 0 aliphatic rings. The molecule has 0 heterocycles. The second-order valence-corrected chi connectivity index (χ2v) is 15.2. The highest BCUT2D eigenvalue weighted by Gasteiger charge is 2.10. The Morgan fingerprint density at radius 1 is 0.453 bits per heavy atom. The van der Waals surface area contributed by atoms with Crippen LogP contribution in [0.2, 0.25) is 0 Å². The summed E-state index contributed by atoms with van der Waals surface area (Å²) in [6.07, 6.45) is 46.0. The Hall–Kier alpha value is -2.08. The first kappa shape index (κ1) is 50.9. The number of ether oxygens (including phenoxy) is 3. The molecule has 310 valence electrons. The summed E-state index contributed by atoms with van der Waals surface area (Å²) in [5.74, 6) is 0.578. The van der Waals surface area contributed by atoms with E-state index in [1.54, 1.807) is 0 Å².